The first-order valence-electron chi connectivity index (χ1n) is 21.1. The van der Waals surface area contributed by atoms with E-state index in [1.54, 1.807) is 0 Å². The van der Waals surface area contributed by atoms with Crippen LogP contribution in [-0.2, 0) is 17.6 Å². The normalized spacial score (nSPS) is 23.9. The molecule has 0 aromatic heterocycles. The van der Waals surface area contributed by atoms with Gasteiger partial charge in [-0.05, 0) is 72.1 Å². The van der Waals surface area contributed by atoms with E-state index in [0.29, 0.717) is 43.7 Å². The Morgan fingerprint density at radius 3 is 2.57 bits per heavy atom. The Bertz CT molecular complexity index is 1990. The smallest absolute Gasteiger partial charge is 0.252 e. The van der Waals surface area contributed by atoms with Crippen LogP contribution < -0.4 is 25.8 Å². The molecule has 2 aromatic carbocycles. The number of allylic oxidation sites excluding steroid dienone is 1. The number of nitrogens with one attached hydrogen (secondary N) is 1. The lowest BCUT2D eigenvalue weighted by Crippen LogP contribution is -3.13. The molecule has 4 heterocycles. The highest BCUT2D eigenvalue weighted by atomic mass is 16.5. The minimum atomic E-state index is -1.05. The summed E-state index contributed by atoms with van der Waals surface area (Å²) in [6, 6.07) is 11.6. The molecular weight excluding hydrogens is 701 g/mol. The average Bonchev–Trinajstić information content (AvgIpc) is 3.94. The predicted molar refractivity (Wildman–Crippen MR) is 218 cm³/mol. The molecule has 7 N–H and O–H groups in total. The van der Waals surface area contributed by atoms with Crippen LogP contribution in [0.3, 0.4) is 0 Å². The molecule has 6 unspecified atom stereocenters. The summed E-state index contributed by atoms with van der Waals surface area (Å²) in [4.78, 5) is 19.7. The minimum Gasteiger partial charge on any atom is -0.437 e. The summed E-state index contributed by atoms with van der Waals surface area (Å²) in [6.45, 7) is 4.93. The first-order chi connectivity index (χ1) is 27.2. The molecule has 9 heteroatoms. The molecular formula is C47H59N4O5+. The summed E-state index contributed by atoms with van der Waals surface area (Å²) in [6.07, 6.45) is 17.2. The summed E-state index contributed by atoms with van der Waals surface area (Å²) in [5, 5.41) is 22.8. The minimum absolute atomic E-state index is 0.126. The Morgan fingerprint density at radius 2 is 1.80 bits per heavy atom. The van der Waals surface area contributed by atoms with Crippen molar-refractivity contribution in [1.82, 2.24) is 0 Å². The second-order valence-corrected chi connectivity index (χ2v) is 16.5. The maximum atomic E-state index is 13.7. The fourth-order valence-electron chi connectivity index (χ4n) is 9.28. The van der Waals surface area contributed by atoms with Crippen molar-refractivity contribution in [1.29, 1.82) is 0 Å². The molecule has 0 saturated heterocycles. The van der Waals surface area contributed by atoms with Crippen LogP contribution in [0.2, 0.25) is 0 Å². The molecule has 0 amide bonds. The molecule has 2 aromatic rings. The maximum absolute atomic E-state index is 13.7. The van der Waals surface area contributed by atoms with Gasteiger partial charge in [-0.3, -0.25) is 14.7 Å². The van der Waals surface area contributed by atoms with E-state index in [9.17, 15) is 15.0 Å². The van der Waals surface area contributed by atoms with Crippen LogP contribution in [0.4, 0.5) is 0 Å². The topological polar surface area (TPSA) is 145 Å². The van der Waals surface area contributed by atoms with E-state index in [1.807, 2.05) is 42.6 Å². The van der Waals surface area contributed by atoms with Gasteiger partial charge in [0.05, 0.1) is 23.3 Å². The zero-order valence-corrected chi connectivity index (χ0v) is 33.1. The maximum Gasteiger partial charge on any atom is 0.252 e. The lowest BCUT2D eigenvalue weighted by atomic mass is 9.73. The van der Waals surface area contributed by atoms with E-state index in [0.717, 1.165) is 115 Å². The molecule has 1 aliphatic carbocycles. The van der Waals surface area contributed by atoms with Gasteiger partial charge in [0, 0.05) is 25.0 Å². The van der Waals surface area contributed by atoms with Gasteiger partial charge in [0.2, 0.25) is 0 Å². The Labute approximate surface area is 332 Å². The van der Waals surface area contributed by atoms with Gasteiger partial charge in [0.1, 0.15) is 42.4 Å². The third-order valence-corrected chi connectivity index (χ3v) is 12.6. The second-order valence-electron chi connectivity index (χ2n) is 16.5. The third-order valence-electron chi connectivity index (χ3n) is 12.6. The van der Waals surface area contributed by atoms with E-state index in [1.165, 1.54) is 0 Å². The first kappa shape index (κ1) is 40.0. The Kier molecular flexibility index (Phi) is 12.8. The van der Waals surface area contributed by atoms with Crippen molar-refractivity contribution < 1.29 is 29.4 Å². The molecule has 2 bridgehead atoms. The molecule has 5 aliphatic rings. The number of benzene rings is 2. The van der Waals surface area contributed by atoms with Crippen molar-refractivity contribution in [3.05, 3.63) is 82.2 Å². The van der Waals surface area contributed by atoms with Crippen molar-refractivity contribution in [2.45, 2.75) is 135 Å². The van der Waals surface area contributed by atoms with Crippen LogP contribution in [0.25, 0.3) is 0 Å². The van der Waals surface area contributed by atoms with Gasteiger partial charge >= 0.3 is 0 Å². The van der Waals surface area contributed by atoms with Gasteiger partial charge < -0.3 is 31.2 Å². The van der Waals surface area contributed by atoms with Crippen LogP contribution >= 0.6 is 0 Å². The van der Waals surface area contributed by atoms with Crippen LogP contribution in [0.5, 0.6) is 11.5 Å². The monoisotopic (exact) mass is 759 g/mol. The largest absolute Gasteiger partial charge is 0.437 e. The van der Waals surface area contributed by atoms with Crippen LogP contribution in [-0.4, -0.2) is 40.6 Å². The third kappa shape index (κ3) is 8.69. The fraction of sp³-hybridized carbons (Fsp3) is 0.532. The molecule has 9 nitrogen and oxygen atoms in total. The van der Waals surface area contributed by atoms with Gasteiger partial charge in [0.15, 0.2) is 11.5 Å². The predicted octanol–water partition coefficient (Wildman–Crippen LogP) is 5.89. The van der Waals surface area contributed by atoms with Gasteiger partial charge in [-0.25, -0.2) is 0 Å². The van der Waals surface area contributed by atoms with E-state index in [2.05, 4.69) is 43.9 Å². The number of aliphatic hydroxyl groups is 2. The zero-order valence-electron chi connectivity index (χ0n) is 33.1. The molecule has 6 atom stereocenters. The summed E-state index contributed by atoms with van der Waals surface area (Å²) in [5.74, 6) is 10.9. The number of ketones is 1. The Balaban J connectivity index is 1.21. The van der Waals surface area contributed by atoms with Crippen LogP contribution in [0.1, 0.15) is 132 Å². The number of hydrogen-bond acceptors (Lipinski definition) is 8. The van der Waals surface area contributed by atoms with Crippen molar-refractivity contribution >= 4 is 11.5 Å². The molecule has 56 heavy (non-hydrogen) atoms. The van der Waals surface area contributed by atoms with Crippen molar-refractivity contribution in [3.8, 4) is 35.4 Å². The Hall–Kier alpha value is -4.22. The van der Waals surface area contributed by atoms with Crippen molar-refractivity contribution in [3.63, 3.8) is 0 Å². The van der Waals surface area contributed by atoms with E-state index < -0.39 is 30.0 Å². The number of fused-ring (bicyclic) bond motifs is 6. The fourth-order valence-corrected chi connectivity index (χ4v) is 9.28. The highest BCUT2D eigenvalue weighted by Crippen LogP contribution is 2.47. The number of Topliss-reactive ketones (excluding diaryl/α,β-unsaturated/α-hetero) is 1. The highest BCUT2D eigenvalue weighted by molar-refractivity contribution is 6.08. The first-order valence-corrected chi connectivity index (χ1v) is 21.1. The number of carbonyl (C=O) groups excluding carboxylic acids is 1. The van der Waals surface area contributed by atoms with Crippen molar-refractivity contribution in [2.24, 2.45) is 33.7 Å². The number of nitrogens with zero attached hydrogens (tertiary/aromatic N) is 1. The SMILES string of the molecule is CCCCCC(O)C(CCCCC)C(=O)CCc1ccc2c(c1)OC1C(C#CC(O)c3ccc(C(N)N)cc3CC3=CN=C4C[NH+]1C=C34)C1(C#CO2)CCCC1. The molecule has 1 saturated carbocycles. The van der Waals surface area contributed by atoms with Gasteiger partial charge in [-0.2, -0.15) is 0 Å². The number of aryl methyl sites for hydroxylation is 1. The number of aliphatic imine (C=N–C) groups is 1. The van der Waals surface area contributed by atoms with Gasteiger partial charge in [-0.15, -0.1) is 0 Å². The number of nitrogens with two attached hydrogens (primary N) is 2. The summed E-state index contributed by atoms with van der Waals surface area (Å²) in [7, 11) is 0. The number of aliphatic hydroxyl groups excluding tert-OH is 2. The molecule has 4 aliphatic heterocycles. The number of ether oxygens (including phenoxy) is 2. The molecule has 1 fully saturated rings. The van der Waals surface area contributed by atoms with E-state index in [-0.39, 0.29) is 17.6 Å². The zero-order chi connectivity index (χ0) is 39.2. The Morgan fingerprint density at radius 1 is 1.02 bits per heavy atom. The quantitative estimate of drug-likeness (QED) is 0.0918. The summed E-state index contributed by atoms with van der Waals surface area (Å²) >= 11 is 0. The second kappa shape index (κ2) is 17.9. The van der Waals surface area contributed by atoms with Gasteiger partial charge in [-0.1, -0.05) is 107 Å². The molecule has 1 spiro atoms. The summed E-state index contributed by atoms with van der Waals surface area (Å²) in [5.41, 5.74) is 18.2. The summed E-state index contributed by atoms with van der Waals surface area (Å²) < 4.78 is 13.3. The number of rotatable bonds is 14. The number of carbonyl (C=O) groups is 1. The van der Waals surface area contributed by atoms with Crippen molar-refractivity contribution in [2.75, 3.05) is 6.54 Å². The lowest BCUT2D eigenvalue weighted by Gasteiger charge is -2.36. The number of hydrogen-bond donors (Lipinski definition) is 5. The van der Waals surface area contributed by atoms with E-state index in [4.69, 9.17) is 25.9 Å². The average molecular weight is 760 g/mol. The van der Waals surface area contributed by atoms with Crippen LogP contribution in [0.15, 0.2) is 64.9 Å². The molecule has 296 valence electrons. The number of unbranched alkanes of at least 4 members (excludes halogenated alkanes) is 4. The lowest BCUT2D eigenvalue weighted by molar-refractivity contribution is -0.888. The highest BCUT2D eigenvalue weighted by Gasteiger charge is 2.51. The van der Waals surface area contributed by atoms with E-state index >= 15 is 0 Å². The standard InChI is InChI=1S/C47H58N4O5/c1-3-5-7-11-36(40(52)12-8-6-4-2)42(54)18-13-31-14-20-43-44(25-31)56-46-38(47(23-24-55-43)21-9-10-22-47)17-19-41(53)35-16-15-32(45(48)49)26-33(35)27-34-28-50-39-30-51(46)29-37(34)39/h14-16,20,25-26,28-29,36,38,40-41,45-46,52-53H,3-13,18,21-22,27,30,48-49H2,1-2H3/p+1. The molecule has 7 rings (SSSR count). The molecule has 0 radical (unpaired) electrons. The van der Waals surface area contributed by atoms with Gasteiger partial charge in [0.25, 0.3) is 6.23 Å². The van der Waals surface area contributed by atoms with Crippen LogP contribution in [0, 0.1) is 41.1 Å². The number of quaternary nitrogens is 1.